The highest BCUT2D eigenvalue weighted by molar-refractivity contribution is 6.09. The first-order valence-corrected chi connectivity index (χ1v) is 9.28. The summed E-state index contributed by atoms with van der Waals surface area (Å²) in [5, 5.41) is 3.68. The highest BCUT2D eigenvalue weighted by Crippen LogP contribution is 2.35. The van der Waals surface area contributed by atoms with E-state index >= 15 is 0 Å². The molecular weight excluding hydrogens is 364 g/mol. The standard InChI is InChI=1S/C21H21F2N3O2/c1-24-7-3-2-4-12-5-6-13(8-17(12)23)20-16-11-28-26-21(27)15-9-14(22)10-18(25-20)19(15)16/h5-6,8-10,24-25H,2-4,7,11H2,1H3,(H,26,27). The molecule has 2 aromatic carbocycles. The molecule has 3 aromatic rings. The average Bonchev–Trinajstić information content (AvgIpc) is 2.94. The number of carbonyl (C=O) groups excluding carboxylic acids is 1. The Labute approximate surface area is 161 Å². The molecule has 1 amide bonds. The Hall–Kier alpha value is -2.77. The van der Waals surface area contributed by atoms with Crippen LogP contribution in [-0.2, 0) is 17.9 Å². The first-order valence-electron chi connectivity index (χ1n) is 9.28. The fraction of sp³-hybridized carbons (Fsp3) is 0.286. The van der Waals surface area contributed by atoms with Crippen molar-refractivity contribution in [1.82, 2.24) is 15.8 Å². The van der Waals surface area contributed by atoms with Gasteiger partial charge in [-0.2, -0.15) is 0 Å². The molecule has 0 bridgehead atoms. The minimum absolute atomic E-state index is 0.104. The van der Waals surface area contributed by atoms with Crippen molar-refractivity contribution in [3.05, 3.63) is 58.7 Å². The summed E-state index contributed by atoms with van der Waals surface area (Å²) in [5.74, 6) is -1.30. The summed E-state index contributed by atoms with van der Waals surface area (Å²) < 4.78 is 28.6. The number of hydroxylamine groups is 1. The molecule has 1 aliphatic heterocycles. The van der Waals surface area contributed by atoms with Gasteiger partial charge >= 0.3 is 0 Å². The number of hydrogen-bond acceptors (Lipinski definition) is 3. The number of benzene rings is 2. The van der Waals surface area contributed by atoms with Crippen molar-refractivity contribution >= 4 is 16.8 Å². The van der Waals surface area contributed by atoms with Crippen molar-refractivity contribution < 1.29 is 18.4 Å². The maximum Gasteiger partial charge on any atom is 0.275 e. The molecule has 28 heavy (non-hydrogen) atoms. The highest BCUT2D eigenvalue weighted by Gasteiger charge is 2.24. The molecular formula is C21H21F2N3O2. The van der Waals surface area contributed by atoms with E-state index in [1.54, 1.807) is 6.07 Å². The molecule has 1 aliphatic rings. The summed E-state index contributed by atoms with van der Waals surface area (Å²) in [7, 11) is 1.90. The largest absolute Gasteiger partial charge is 0.354 e. The Morgan fingerprint density at radius 1 is 1.18 bits per heavy atom. The summed E-state index contributed by atoms with van der Waals surface area (Å²) in [4.78, 5) is 20.5. The van der Waals surface area contributed by atoms with E-state index in [1.807, 2.05) is 13.1 Å². The van der Waals surface area contributed by atoms with Crippen LogP contribution in [-0.4, -0.2) is 24.5 Å². The topological polar surface area (TPSA) is 66.2 Å². The number of amides is 1. The third-order valence-corrected chi connectivity index (χ3v) is 5.06. The lowest BCUT2D eigenvalue weighted by molar-refractivity contribution is 0.0255. The van der Waals surface area contributed by atoms with Gasteiger partial charge in [0.2, 0.25) is 0 Å². The number of aromatic amines is 1. The van der Waals surface area contributed by atoms with Crippen LogP contribution in [0.15, 0.2) is 30.3 Å². The van der Waals surface area contributed by atoms with Crippen LogP contribution in [0.3, 0.4) is 0 Å². The fourth-order valence-electron chi connectivity index (χ4n) is 3.69. The lowest BCUT2D eigenvalue weighted by atomic mass is 10.00. The Balaban J connectivity index is 1.73. The van der Waals surface area contributed by atoms with E-state index in [1.165, 1.54) is 18.2 Å². The maximum absolute atomic E-state index is 14.6. The molecule has 0 aliphatic carbocycles. The van der Waals surface area contributed by atoms with Crippen molar-refractivity contribution in [1.29, 1.82) is 0 Å². The highest BCUT2D eigenvalue weighted by atomic mass is 19.1. The van der Waals surface area contributed by atoms with Crippen molar-refractivity contribution in [2.24, 2.45) is 0 Å². The van der Waals surface area contributed by atoms with E-state index in [0.717, 1.165) is 19.4 Å². The average molecular weight is 385 g/mol. The molecule has 1 aromatic heterocycles. The predicted molar refractivity (Wildman–Crippen MR) is 103 cm³/mol. The lowest BCUT2D eigenvalue weighted by Gasteiger charge is -2.08. The van der Waals surface area contributed by atoms with Crippen LogP contribution in [0.2, 0.25) is 0 Å². The van der Waals surface area contributed by atoms with Gasteiger partial charge < -0.3 is 10.3 Å². The molecule has 7 heteroatoms. The Bertz CT molecular complexity index is 1050. The minimum Gasteiger partial charge on any atom is -0.354 e. The predicted octanol–water partition coefficient (Wildman–Crippen LogP) is 3.83. The molecule has 2 heterocycles. The van der Waals surface area contributed by atoms with Gasteiger partial charge in [-0.25, -0.2) is 14.3 Å². The second kappa shape index (κ2) is 7.69. The number of aromatic nitrogens is 1. The Kier molecular flexibility index (Phi) is 5.11. The van der Waals surface area contributed by atoms with Gasteiger partial charge in [0.25, 0.3) is 5.91 Å². The molecule has 5 nitrogen and oxygen atoms in total. The Morgan fingerprint density at radius 3 is 2.82 bits per heavy atom. The molecule has 0 radical (unpaired) electrons. The second-order valence-corrected chi connectivity index (χ2v) is 6.94. The first kappa shape index (κ1) is 18.6. The number of aryl methyl sites for hydroxylation is 1. The number of rotatable bonds is 6. The molecule has 4 rings (SSSR count). The Morgan fingerprint density at radius 2 is 2.04 bits per heavy atom. The van der Waals surface area contributed by atoms with Crippen molar-refractivity contribution in [3.63, 3.8) is 0 Å². The third kappa shape index (κ3) is 3.39. The van der Waals surface area contributed by atoms with Crippen molar-refractivity contribution in [2.75, 3.05) is 13.6 Å². The number of nitrogens with one attached hydrogen (secondary N) is 3. The number of hydrogen-bond donors (Lipinski definition) is 3. The molecule has 146 valence electrons. The summed E-state index contributed by atoms with van der Waals surface area (Å²) >= 11 is 0. The first-order chi connectivity index (χ1) is 13.6. The van der Waals surface area contributed by atoms with E-state index in [4.69, 9.17) is 4.84 Å². The third-order valence-electron chi connectivity index (χ3n) is 5.06. The number of carbonyl (C=O) groups is 1. The summed E-state index contributed by atoms with van der Waals surface area (Å²) in [6.07, 6.45) is 2.56. The molecule has 0 unspecified atom stereocenters. The molecule has 0 spiro atoms. The lowest BCUT2D eigenvalue weighted by Crippen LogP contribution is -2.21. The number of unbranched alkanes of at least 4 members (excludes halogenated alkanes) is 1. The zero-order valence-corrected chi connectivity index (χ0v) is 15.5. The fourth-order valence-corrected chi connectivity index (χ4v) is 3.69. The van der Waals surface area contributed by atoms with Gasteiger partial charge in [0.05, 0.1) is 11.3 Å². The molecule has 0 saturated heterocycles. The molecule has 3 N–H and O–H groups in total. The van der Waals surface area contributed by atoms with Gasteiger partial charge in [-0.05, 0) is 56.6 Å². The van der Waals surface area contributed by atoms with Gasteiger partial charge in [0.1, 0.15) is 18.2 Å². The second-order valence-electron chi connectivity index (χ2n) is 6.94. The van der Waals surface area contributed by atoms with Crippen LogP contribution >= 0.6 is 0 Å². The van der Waals surface area contributed by atoms with E-state index in [2.05, 4.69) is 15.8 Å². The zero-order valence-electron chi connectivity index (χ0n) is 15.5. The van der Waals surface area contributed by atoms with Crippen LogP contribution in [0.4, 0.5) is 8.78 Å². The summed E-state index contributed by atoms with van der Waals surface area (Å²) in [6, 6.07) is 7.61. The van der Waals surface area contributed by atoms with E-state index in [0.29, 0.717) is 39.7 Å². The number of halogens is 2. The molecule has 0 atom stereocenters. The summed E-state index contributed by atoms with van der Waals surface area (Å²) in [6.45, 7) is 1.01. The van der Waals surface area contributed by atoms with Gasteiger partial charge in [0, 0.05) is 22.0 Å². The van der Waals surface area contributed by atoms with Gasteiger partial charge in [-0.3, -0.25) is 9.63 Å². The van der Waals surface area contributed by atoms with Crippen LogP contribution in [0.1, 0.15) is 34.3 Å². The molecule has 0 saturated carbocycles. The SMILES string of the molecule is CNCCCCc1ccc(-c2[nH]c3cc(F)cc4c3c2CONC4=O)cc1F. The maximum atomic E-state index is 14.6. The van der Waals surface area contributed by atoms with Gasteiger partial charge in [0.15, 0.2) is 0 Å². The van der Waals surface area contributed by atoms with Crippen LogP contribution in [0.25, 0.3) is 22.2 Å². The van der Waals surface area contributed by atoms with Gasteiger partial charge in [-0.15, -0.1) is 0 Å². The van der Waals surface area contributed by atoms with Crippen LogP contribution in [0.5, 0.6) is 0 Å². The normalized spacial score (nSPS) is 13.6. The number of H-pyrrole nitrogens is 1. The zero-order chi connectivity index (χ0) is 19.7. The molecule has 0 fully saturated rings. The van der Waals surface area contributed by atoms with E-state index < -0.39 is 11.7 Å². The van der Waals surface area contributed by atoms with Crippen LogP contribution < -0.4 is 10.8 Å². The van der Waals surface area contributed by atoms with Crippen molar-refractivity contribution in [3.8, 4) is 11.3 Å². The van der Waals surface area contributed by atoms with E-state index in [-0.39, 0.29) is 18.0 Å². The monoisotopic (exact) mass is 385 g/mol. The van der Waals surface area contributed by atoms with E-state index in [9.17, 15) is 13.6 Å². The van der Waals surface area contributed by atoms with Crippen molar-refractivity contribution in [2.45, 2.75) is 25.9 Å². The quantitative estimate of drug-likeness (QED) is 0.565. The van der Waals surface area contributed by atoms with Crippen LogP contribution in [0, 0.1) is 11.6 Å². The summed E-state index contributed by atoms with van der Waals surface area (Å²) in [5.41, 5.74) is 5.61. The smallest absolute Gasteiger partial charge is 0.275 e. The minimum atomic E-state index is -0.526. The van der Waals surface area contributed by atoms with Gasteiger partial charge in [-0.1, -0.05) is 12.1 Å².